The van der Waals surface area contributed by atoms with E-state index in [4.69, 9.17) is 9.05 Å². The molecule has 0 aromatic rings. The largest absolute Gasteiger partial charge is 0.472 e. The van der Waals surface area contributed by atoms with E-state index in [9.17, 15) is 24.5 Å². The van der Waals surface area contributed by atoms with Crippen LogP contribution in [-0.2, 0) is 18.4 Å². The number of nitrogens with one attached hydrogen (secondary N) is 1. The molecule has 0 fully saturated rings. The van der Waals surface area contributed by atoms with Gasteiger partial charge < -0.3 is 24.9 Å². The van der Waals surface area contributed by atoms with Gasteiger partial charge in [-0.1, -0.05) is 277 Å². The monoisotopic (exact) mass is 960 g/mol. The van der Waals surface area contributed by atoms with Crippen LogP contribution in [0, 0.1) is 0 Å². The Hall–Kier alpha value is -0.540. The molecule has 0 aromatic carbocycles. The fraction of sp³-hybridized carbons (Fsp3) is 0.982. The standard InChI is InChI=1S/C56H115N2O7P/c1-6-8-10-12-14-16-18-20-21-22-23-24-25-26-27-28-29-30-31-32-33-34-35-36-37-39-41-43-45-47-49-55(60)57-53(52-65-66(62,63)64-51-50-58(3,4)5)56(61)54(59)48-46-44-42-40-38-19-17-15-13-11-9-7-2/h53-54,56,59,61H,6-52H2,1-5H3,(H-,57,60,62,63)/p+1. The smallest absolute Gasteiger partial charge is 0.390 e. The Morgan fingerprint density at radius 3 is 1.06 bits per heavy atom. The number of likely N-dealkylation sites (N-methyl/N-ethyl adjacent to an activating group) is 1. The van der Waals surface area contributed by atoms with Crippen LogP contribution < -0.4 is 5.32 Å². The third-order valence-corrected chi connectivity index (χ3v) is 14.7. The molecule has 9 nitrogen and oxygen atoms in total. The summed E-state index contributed by atoms with van der Waals surface area (Å²) >= 11 is 0. The van der Waals surface area contributed by atoms with Crippen LogP contribution in [0.5, 0.6) is 0 Å². The summed E-state index contributed by atoms with van der Waals surface area (Å²) in [5.74, 6) is -0.251. The summed E-state index contributed by atoms with van der Waals surface area (Å²) in [5.41, 5.74) is 0. The molecule has 4 unspecified atom stereocenters. The lowest BCUT2D eigenvalue weighted by molar-refractivity contribution is -0.870. The van der Waals surface area contributed by atoms with Gasteiger partial charge in [0.1, 0.15) is 19.3 Å². The number of rotatable bonds is 54. The number of hydrogen-bond acceptors (Lipinski definition) is 6. The molecular formula is C56H116N2O7P+. The first-order chi connectivity index (χ1) is 31.9. The van der Waals surface area contributed by atoms with Gasteiger partial charge in [0.2, 0.25) is 5.91 Å². The minimum atomic E-state index is -4.41. The molecule has 10 heteroatoms. The zero-order chi connectivity index (χ0) is 48.7. The molecule has 0 saturated carbocycles. The molecule has 0 heterocycles. The summed E-state index contributed by atoms with van der Waals surface area (Å²) < 4.78 is 23.6. The zero-order valence-electron chi connectivity index (χ0n) is 44.8. The normalized spacial score (nSPS) is 14.4. The van der Waals surface area contributed by atoms with E-state index in [1.54, 1.807) is 0 Å². The first-order valence-corrected chi connectivity index (χ1v) is 30.5. The highest BCUT2D eigenvalue weighted by atomic mass is 31.2. The van der Waals surface area contributed by atoms with Crippen molar-refractivity contribution in [3.05, 3.63) is 0 Å². The van der Waals surface area contributed by atoms with Crippen molar-refractivity contribution in [2.75, 3.05) is 40.9 Å². The number of unbranched alkanes of at least 4 members (excludes halogenated alkanes) is 40. The third-order valence-electron chi connectivity index (χ3n) is 13.7. The van der Waals surface area contributed by atoms with Gasteiger partial charge in [-0.15, -0.1) is 0 Å². The van der Waals surface area contributed by atoms with Gasteiger partial charge in [-0.25, -0.2) is 4.57 Å². The second kappa shape index (κ2) is 48.1. The van der Waals surface area contributed by atoms with E-state index in [0.29, 0.717) is 23.9 Å². The highest BCUT2D eigenvalue weighted by molar-refractivity contribution is 7.47. The summed E-state index contributed by atoms with van der Waals surface area (Å²) in [6, 6.07) is -1.03. The Kier molecular flexibility index (Phi) is 47.7. The first-order valence-electron chi connectivity index (χ1n) is 29.0. The molecule has 0 bridgehead atoms. The molecule has 0 radical (unpaired) electrons. The van der Waals surface area contributed by atoms with Gasteiger partial charge in [-0.3, -0.25) is 13.8 Å². The topological polar surface area (TPSA) is 125 Å². The van der Waals surface area contributed by atoms with Crippen molar-refractivity contribution < 1.29 is 38.0 Å². The van der Waals surface area contributed by atoms with Gasteiger partial charge in [0.05, 0.1) is 39.9 Å². The number of phosphoric acid groups is 1. The van der Waals surface area contributed by atoms with E-state index >= 15 is 0 Å². The van der Waals surface area contributed by atoms with E-state index < -0.39 is 32.7 Å². The minimum Gasteiger partial charge on any atom is -0.390 e. The number of amides is 1. The molecule has 0 rings (SSSR count). The van der Waals surface area contributed by atoms with E-state index in [-0.39, 0.29) is 12.5 Å². The van der Waals surface area contributed by atoms with Gasteiger partial charge in [0.15, 0.2) is 0 Å². The molecule has 0 aliphatic carbocycles. The number of phosphoric ester groups is 1. The Balaban J connectivity index is 4.06. The number of hydrogen-bond donors (Lipinski definition) is 4. The summed E-state index contributed by atoms with van der Waals surface area (Å²) in [4.78, 5) is 23.3. The van der Waals surface area contributed by atoms with Gasteiger partial charge >= 0.3 is 7.82 Å². The molecule has 66 heavy (non-hydrogen) atoms. The Morgan fingerprint density at radius 1 is 0.470 bits per heavy atom. The number of carbonyl (C=O) groups is 1. The average Bonchev–Trinajstić information content (AvgIpc) is 3.28. The molecule has 0 aromatic heterocycles. The van der Waals surface area contributed by atoms with Crippen molar-refractivity contribution in [1.82, 2.24) is 5.32 Å². The zero-order valence-corrected chi connectivity index (χ0v) is 45.7. The van der Waals surface area contributed by atoms with Gasteiger partial charge in [0, 0.05) is 6.42 Å². The SMILES string of the molecule is CCCCCCCCCCCCCCCCCCCCCCCCCCCCCCCCC(=O)NC(COP(=O)(O)OCC[N+](C)(C)C)C(O)C(O)CCCCCCCCCCCCCC. The molecule has 0 saturated heterocycles. The van der Waals surface area contributed by atoms with Crippen LogP contribution in [0.3, 0.4) is 0 Å². The van der Waals surface area contributed by atoms with E-state index in [2.05, 4.69) is 19.2 Å². The van der Waals surface area contributed by atoms with Crippen LogP contribution in [0.1, 0.15) is 296 Å². The predicted octanol–water partition coefficient (Wildman–Crippen LogP) is 16.2. The highest BCUT2D eigenvalue weighted by Crippen LogP contribution is 2.43. The lowest BCUT2D eigenvalue weighted by atomic mass is 9.99. The Labute approximate surface area is 411 Å². The third kappa shape index (κ3) is 48.5. The fourth-order valence-corrected chi connectivity index (χ4v) is 9.82. The Bertz CT molecular complexity index is 1060. The molecule has 1 amide bonds. The van der Waals surface area contributed by atoms with E-state index in [1.807, 2.05) is 21.1 Å². The maximum Gasteiger partial charge on any atom is 0.472 e. The number of aliphatic hydroxyl groups is 2. The summed E-state index contributed by atoms with van der Waals surface area (Å²) in [7, 11) is 1.45. The molecule has 0 aliphatic rings. The predicted molar refractivity (Wildman–Crippen MR) is 283 cm³/mol. The van der Waals surface area contributed by atoms with Crippen LogP contribution in [0.2, 0.25) is 0 Å². The average molecular weight is 961 g/mol. The van der Waals surface area contributed by atoms with Gasteiger partial charge in [0.25, 0.3) is 0 Å². The second-order valence-electron chi connectivity index (χ2n) is 21.5. The minimum absolute atomic E-state index is 0.0259. The lowest BCUT2D eigenvalue weighted by Gasteiger charge is -2.28. The van der Waals surface area contributed by atoms with Gasteiger partial charge in [-0.2, -0.15) is 0 Å². The van der Waals surface area contributed by atoms with Crippen molar-refractivity contribution in [1.29, 1.82) is 0 Å². The molecule has 0 spiro atoms. The number of aliphatic hydroxyl groups excluding tert-OH is 2. The number of carbonyl (C=O) groups excluding carboxylic acids is 1. The molecule has 0 aliphatic heterocycles. The van der Waals surface area contributed by atoms with Gasteiger partial charge in [-0.05, 0) is 12.8 Å². The van der Waals surface area contributed by atoms with Crippen molar-refractivity contribution in [2.24, 2.45) is 0 Å². The molecule has 4 N–H and O–H groups in total. The second-order valence-corrected chi connectivity index (χ2v) is 23.0. The van der Waals surface area contributed by atoms with Crippen LogP contribution in [0.15, 0.2) is 0 Å². The van der Waals surface area contributed by atoms with E-state index in [1.165, 1.54) is 231 Å². The summed E-state index contributed by atoms with van der Waals surface area (Å²) in [6.45, 7) is 4.65. The highest BCUT2D eigenvalue weighted by Gasteiger charge is 2.32. The van der Waals surface area contributed by atoms with Crippen LogP contribution >= 0.6 is 7.82 Å². The molecular weight excluding hydrogens is 844 g/mol. The maximum atomic E-state index is 13.0. The lowest BCUT2D eigenvalue weighted by Crippen LogP contribution is -2.51. The molecule has 396 valence electrons. The number of nitrogens with zero attached hydrogens (tertiary/aromatic N) is 1. The summed E-state index contributed by atoms with van der Waals surface area (Å²) in [6.07, 6.45) is 53.4. The number of quaternary nitrogens is 1. The first kappa shape index (κ1) is 65.5. The van der Waals surface area contributed by atoms with Crippen molar-refractivity contribution in [3.63, 3.8) is 0 Å². The summed E-state index contributed by atoms with van der Waals surface area (Å²) in [5, 5.41) is 24.8. The van der Waals surface area contributed by atoms with Crippen molar-refractivity contribution in [3.8, 4) is 0 Å². The van der Waals surface area contributed by atoms with Crippen LogP contribution in [-0.4, -0.2) is 84.6 Å². The Morgan fingerprint density at radius 2 is 0.758 bits per heavy atom. The quantitative estimate of drug-likeness (QED) is 0.0272. The van der Waals surface area contributed by atoms with Crippen LogP contribution in [0.25, 0.3) is 0 Å². The van der Waals surface area contributed by atoms with Crippen molar-refractivity contribution >= 4 is 13.7 Å². The van der Waals surface area contributed by atoms with Crippen LogP contribution in [0.4, 0.5) is 0 Å². The molecule has 4 atom stereocenters. The fourth-order valence-electron chi connectivity index (χ4n) is 9.09. The maximum absolute atomic E-state index is 13.0. The van der Waals surface area contributed by atoms with Crippen molar-refractivity contribution in [2.45, 2.75) is 315 Å². The van der Waals surface area contributed by atoms with E-state index in [0.717, 1.165) is 38.5 Å².